The molecule has 2 aromatic carbocycles. The van der Waals surface area contributed by atoms with Crippen LogP contribution in [0.1, 0.15) is 50.8 Å². The van der Waals surface area contributed by atoms with Crippen molar-refractivity contribution in [1.82, 2.24) is 0 Å². The van der Waals surface area contributed by atoms with Crippen LogP contribution in [0, 0.1) is 0 Å². The lowest BCUT2D eigenvalue weighted by molar-refractivity contribution is 0.118. The van der Waals surface area contributed by atoms with E-state index in [1.807, 2.05) is 12.1 Å². The van der Waals surface area contributed by atoms with Crippen LogP contribution in [0.15, 0.2) is 48.5 Å². The number of benzene rings is 2. The van der Waals surface area contributed by atoms with E-state index >= 15 is 0 Å². The molecule has 1 atom stereocenters. The van der Waals surface area contributed by atoms with E-state index < -0.39 is 0 Å². The predicted octanol–water partition coefficient (Wildman–Crippen LogP) is 5.13. The summed E-state index contributed by atoms with van der Waals surface area (Å²) in [5, 5.41) is 3.66. The summed E-state index contributed by atoms with van der Waals surface area (Å²) in [4.78, 5) is 0. The van der Waals surface area contributed by atoms with Gasteiger partial charge in [-0.1, -0.05) is 44.2 Å². The Kier molecular flexibility index (Phi) is 3.40. The highest BCUT2D eigenvalue weighted by Gasteiger charge is 2.40. The molecule has 0 amide bonds. The number of anilines is 1. The number of ether oxygens (including phenoxy) is 1. The highest BCUT2D eigenvalue weighted by molar-refractivity contribution is 5.53. The van der Waals surface area contributed by atoms with Crippen LogP contribution in [0.3, 0.4) is 0 Å². The predicted molar refractivity (Wildman–Crippen MR) is 88.0 cm³/mol. The highest BCUT2D eigenvalue weighted by Crippen LogP contribution is 2.44. The van der Waals surface area contributed by atoms with E-state index in [1.165, 1.54) is 11.1 Å². The molecule has 0 bridgehead atoms. The molecule has 2 heteroatoms. The minimum atomic E-state index is -0.252. The van der Waals surface area contributed by atoms with Crippen LogP contribution in [0.25, 0.3) is 0 Å². The Labute approximate surface area is 127 Å². The summed E-state index contributed by atoms with van der Waals surface area (Å²) < 4.78 is 6.09. The molecular weight excluding hydrogens is 258 g/mol. The SMILES string of the molecule is CC(C)c1cccc(NC2c3ccccc3OC2(C)C)c1. The maximum absolute atomic E-state index is 6.09. The van der Waals surface area contributed by atoms with Gasteiger partial charge in [0.1, 0.15) is 11.4 Å². The molecule has 1 aliphatic rings. The maximum Gasteiger partial charge on any atom is 0.128 e. The summed E-state index contributed by atoms with van der Waals surface area (Å²) >= 11 is 0. The second-order valence-electron chi connectivity index (χ2n) is 6.60. The third kappa shape index (κ3) is 2.63. The van der Waals surface area contributed by atoms with Gasteiger partial charge in [0.05, 0.1) is 6.04 Å². The molecule has 2 nitrogen and oxygen atoms in total. The van der Waals surface area contributed by atoms with Gasteiger partial charge in [-0.05, 0) is 43.5 Å². The molecule has 0 aromatic heterocycles. The van der Waals surface area contributed by atoms with Crippen molar-refractivity contribution in [2.45, 2.75) is 45.3 Å². The van der Waals surface area contributed by atoms with Gasteiger partial charge in [0.15, 0.2) is 0 Å². The van der Waals surface area contributed by atoms with Crippen molar-refractivity contribution in [1.29, 1.82) is 0 Å². The van der Waals surface area contributed by atoms with Crippen molar-refractivity contribution in [2.75, 3.05) is 5.32 Å². The lowest BCUT2D eigenvalue weighted by Crippen LogP contribution is -2.34. The number of rotatable bonds is 3. The first-order valence-electron chi connectivity index (χ1n) is 7.62. The zero-order valence-electron chi connectivity index (χ0n) is 13.2. The quantitative estimate of drug-likeness (QED) is 0.841. The van der Waals surface area contributed by atoms with Crippen molar-refractivity contribution >= 4 is 5.69 Å². The molecule has 0 saturated carbocycles. The van der Waals surface area contributed by atoms with E-state index in [4.69, 9.17) is 4.74 Å². The minimum Gasteiger partial charge on any atom is -0.485 e. The Morgan fingerprint density at radius 2 is 1.81 bits per heavy atom. The normalized spacial score (nSPS) is 19.2. The van der Waals surface area contributed by atoms with E-state index in [9.17, 15) is 0 Å². The van der Waals surface area contributed by atoms with Gasteiger partial charge in [-0.15, -0.1) is 0 Å². The average molecular weight is 281 g/mol. The molecule has 0 fully saturated rings. The Hall–Kier alpha value is -1.96. The van der Waals surface area contributed by atoms with Crippen molar-refractivity contribution in [3.05, 3.63) is 59.7 Å². The molecule has 21 heavy (non-hydrogen) atoms. The second kappa shape index (κ2) is 5.10. The monoisotopic (exact) mass is 281 g/mol. The van der Waals surface area contributed by atoms with Gasteiger partial charge in [-0.3, -0.25) is 0 Å². The average Bonchev–Trinajstić information content (AvgIpc) is 2.70. The van der Waals surface area contributed by atoms with Gasteiger partial charge >= 0.3 is 0 Å². The molecule has 1 aliphatic heterocycles. The summed E-state index contributed by atoms with van der Waals surface area (Å²) in [5.41, 5.74) is 3.49. The summed E-state index contributed by atoms with van der Waals surface area (Å²) in [6, 6.07) is 17.1. The Morgan fingerprint density at radius 1 is 1.05 bits per heavy atom. The summed E-state index contributed by atoms with van der Waals surface area (Å²) in [6.07, 6.45) is 0. The van der Waals surface area contributed by atoms with Gasteiger partial charge in [-0.25, -0.2) is 0 Å². The molecule has 1 N–H and O–H groups in total. The largest absolute Gasteiger partial charge is 0.485 e. The standard InChI is InChI=1S/C19H23NO/c1-13(2)14-8-7-9-15(12-14)20-18-16-10-5-6-11-17(16)21-19(18,3)4/h5-13,18,20H,1-4H3. The first-order valence-corrected chi connectivity index (χ1v) is 7.62. The lowest BCUT2D eigenvalue weighted by atomic mass is 9.94. The molecule has 110 valence electrons. The van der Waals surface area contributed by atoms with Crippen LogP contribution in [0.5, 0.6) is 5.75 Å². The molecule has 0 aliphatic carbocycles. The smallest absolute Gasteiger partial charge is 0.128 e. The molecule has 3 rings (SSSR count). The Balaban J connectivity index is 1.92. The molecule has 0 spiro atoms. The van der Waals surface area contributed by atoms with Crippen molar-refractivity contribution in [3.63, 3.8) is 0 Å². The van der Waals surface area contributed by atoms with Crippen LogP contribution in [0.4, 0.5) is 5.69 Å². The number of nitrogens with one attached hydrogen (secondary N) is 1. The molecule has 0 radical (unpaired) electrons. The molecular formula is C19H23NO. The Bertz CT molecular complexity index is 646. The molecule has 0 saturated heterocycles. The van der Waals surface area contributed by atoms with Crippen molar-refractivity contribution in [3.8, 4) is 5.75 Å². The van der Waals surface area contributed by atoms with E-state index in [-0.39, 0.29) is 11.6 Å². The fraction of sp³-hybridized carbons (Fsp3) is 0.368. The van der Waals surface area contributed by atoms with Crippen LogP contribution < -0.4 is 10.1 Å². The number of fused-ring (bicyclic) bond motifs is 1. The van der Waals surface area contributed by atoms with Gasteiger partial charge < -0.3 is 10.1 Å². The van der Waals surface area contributed by atoms with Gasteiger partial charge in [-0.2, -0.15) is 0 Å². The van der Waals surface area contributed by atoms with Crippen LogP contribution in [0.2, 0.25) is 0 Å². The third-order valence-electron chi connectivity index (χ3n) is 4.16. The van der Waals surface area contributed by atoms with Crippen LogP contribution in [-0.4, -0.2) is 5.60 Å². The first-order chi connectivity index (χ1) is 9.97. The van der Waals surface area contributed by atoms with Crippen molar-refractivity contribution < 1.29 is 4.74 Å². The third-order valence-corrected chi connectivity index (χ3v) is 4.16. The number of hydrogen-bond donors (Lipinski definition) is 1. The maximum atomic E-state index is 6.09. The van der Waals surface area contributed by atoms with Gasteiger partial charge in [0, 0.05) is 11.3 Å². The topological polar surface area (TPSA) is 21.3 Å². The zero-order chi connectivity index (χ0) is 15.0. The van der Waals surface area contributed by atoms with Crippen molar-refractivity contribution in [2.24, 2.45) is 0 Å². The van der Waals surface area contributed by atoms with Gasteiger partial charge in [0.2, 0.25) is 0 Å². The summed E-state index contributed by atoms with van der Waals surface area (Å²) in [6.45, 7) is 8.71. The first kappa shape index (κ1) is 14.0. The van der Waals surface area contributed by atoms with Crippen LogP contribution in [-0.2, 0) is 0 Å². The van der Waals surface area contributed by atoms with E-state index in [0.717, 1.165) is 11.4 Å². The summed E-state index contributed by atoms with van der Waals surface area (Å²) in [5.74, 6) is 1.52. The second-order valence-corrected chi connectivity index (χ2v) is 6.60. The van der Waals surface area contributed by atoms with Crippen LogP contribution >= 0.6 is 0 Å². The zero-order valence-corrected chi connectivity index (χ0v) is 13.2. The molecule has 1 heterocycles. The number of hydrogen-bond acceptors (Lipinski definition) is 2. The lowest BCUT2D eigenvalue weighted by Gasteiger charge is -2.28. The fourth-order valence-corrected chi connectivity index (χ4v) is 2.93. The van der Waals surface area contributed by atoms with E-state index in [0.29, 0.717) is 5.92 Å². The highest BCUT2D eigenvalue weighted by atomic mass is 16.5. The summed E-state index contributed by atoms with van der Waals surface area (Å²) in [7, 11) is 0. The molecule has 2 aromatic rings. The molecule has 1 unspecified atom stereocenters. The van der Waals surface area contributed by atoms with E-state index in [2.05, 4.69) is 69.4 Å². The number of para-hydroxylation sites is 1. The fourth-order valence-electron chi connectivity index (χ4n) is 2.93. The Morgan fingerprint density at radius 3 is 2.57 bits per heavy atom. The van der Waals surface area contributed by atoms with E-state index in [1.54, 1.807) is 0 Å². The van der Waals surface area contributed by atoms with Gasteiger partial charge in [0.25, 0.3) is 0 Å². The minimum absolute atomic E-state index is 0.163.